The number of carbonyl (C=O) groups is 1. The first kappa shape index (κ1) is 25.4. The summed E-state index contributed by atoms with van der Waals surface area (Å²) < 4.78 is 59.9. The van der Waals surface area contributed by atoms with Crippen LogP contribution in [0, 0.1) is 0 Å². The highest BCUT2D eigenvalue weighted by atomic mass is 19.4. The minimum absolute atomic E-state index is 0.0715. The van der Waals surface area contributed by atoms with Gasteiger partial charge in [0.25, 0.3) is 0 Å². The number of halogens is 3. The predicted octanol–water partition coefficient (Wildman–Crippen LogP) is 5.68. The molecule has 2 bridgehead atoms. The summed E-state index contributed by atoms with van der Waals surface area (Å²) in [7, 11) is 0. The fourth-order valence-corrected chi connectivity index (χ4v) is 5.64. The van der Waals surface area contributed by atoms with Gasteiger partial charge in [-0.2, -0.15) is 0 Å². The molecule has 3 fully saturated rings. The predicted molar refractivity (Wildman–Crippen MR) is 128 cm³/mol. The minimum atomic E-state index is -4.84. The van der Waals surface area contributed by atoms with E-state index in [4.69, 9.17) is 14.4 Å². The van der Waals surface area contributed by atoms with Crippen LogP contribution in [0.15, 0.2) is 41.2 Å². The lowest BCUT2D eigenvalue weighted by molar-refractivity contribution is -0.274. The van der Waals surface area contributed by atoms with Crippen molar-refractivity contribution in [2.75, 3.05) is 4.90 Å². The standard InChI is InChI=1S/C26H25F3N4O6/c27-26(28,29)38-20-4-2-1-3-18(20)23-19(24(39-32-23)14-5-6-14)13-36-17-9-15-7-8-16(10-17)33(15)21-11-31-22(12-30-21)37-25(34)35/h1-4,11-12,14-17H,5-10,13H2,(H,34,35)/t15-,16+,17+. The molecule has 0 amide bonds. The second-order valence-electron chi connectivity index (χ2n) is 9.97. The lowest BCUT2D eigenvalue weighted by atomic mass is 9.99. The molecule has 4 heterocycles. The van der Waals surface area contributed by atoms with Gasteiger partial charge in [0.2, 0.25) is 5.88 Å². The number of piperidine rings is 1. The van der Waals surface area contributed by atoms with Crippen molar-refractivity contribution in [1.29, 1.82) is 0 Å². The third-order valence-corrected chi connectivity index (χ3v) is 7.36. The van der Waals surface area contributed by atoms with Crippen LogP contribution in [0.3, 0.4) is 0 Å². The fraction of sp³-hybridized carbons (Fsp3) is 0.462. The van der Waals surface area contributed by atoms with E-state index >= 15 is 0 Å². The van der Waals surface area contributed by atoms with E-state index in [0.29, 0.717) is 22.8 Å². The fourth-order valence-electron chi connectivity index (χ4n) is 5.64. The van der Waals surface area contributed by atoms with Crippen LogP contribution >= 0.6 is 0 Å². The van der Waals surface area contributed by atoms with E-state index < -0.39 is 12.5 Å². The molecule has 3 aliphatic rings. The van der Waals surface area contributed by atoms with E-state index in [1.165, 1.54) is 30.6 Å². The van der Waals surface area contributed by atoms with Crippen LogP contribution in [0.5, 0.6) is 11.6 Å². The van der Waals surface area contributed by atoms with Gasteiger partial charge in [0, 0.05) is 29.1 Å². The molecule has 1 saturated carbocycles. The number of ether oxygens (including phenoxy) is 3. The van der Waals surface area contributed by atoms with Crippen molar-refractivity contribution in [2.45, 2.75) is 75.6 Å². The lowest BCUT2D eigenvalue weighted by Gasteiger charge is -2.39. The monoisotopic (exact) mass is 546 g/mol. The van der Waals surface area contributed by atoms with E-state index in [2.05, 4.69) is 29.5 Å². The zero-order valence-electron chi connectivity index (χ0n) is 20.6. The maximum Gasteiger partial charge on any atom is 0.573 e. The topological polar surface area (TPSA) is 120 Å². The maximum atomic E-state index is 13.0. The number of para-hydroxylation sites is 1. The molecule has 6 rings (SSSR count). The minimum Gasteiger partial charge on any atom is -0.449 e. The lowest BCUT2D eigenvalue weighted by Crippen LogP contribution is -2.46. The molecule has 1 N–H and O–H groups in total. The van der Waals surface area contributed by atoms with Crippen LogP contribution in [0.1, 0.15) is 55.8 Å². The van der Waals surface area contributed by atoms with Gasteiger partial charge in [0.1, 0.15) is 23.0 Å². The molecular weight excluding hydrogens is 521 g/mol. The third-order valence-electron chi connectivity index (χ3n) is 7.36. The molecule has 3 aromatic rings. The van der Waals surface area contributed by atoms with Crippen molar-refractivity contribution < 1.29 is 41.8 Å². The van der Waals surface area contributed by atoms with Gasteiger partial charge in [-0.15, -0.1) is 13.2 Å². The van der Waals surface area contributed by atoms with E-state index in [9.17, 15) is 18.0 Å². The molecular formula is C26H25F3N4O6. The molecule has 0 radical (unpaired) electrons. The van der Waals surface area contributed by atoms with Crippen molar-refractivity contribution in [1.82, 2.24) is 15.1 Å². The number of carboxylic acid groups (broad SMARTS) is 1. The van der Waals surface area contributed by atoms with E-state index in [-0.39, 0.29) is 47.9 Å². The Bertz CT molecular complexity index is 1330. The number of alkyl halides is 3. The Balaban J connectivity index is 1.17. The Hall–Kier alpha value is -3.87. The van der Waals surface area contributed by atoms with Gasteiger partial charge in [0.05, 0.1) is 25.1 Å². The van der Waals surface area contributed by atoms with Crippen molar-refractivity contribution >= 4 is 12.0 Å². The molecule has 206 valence electrons. The van der Waals surface area contributed by atoms with Gasteiger partial charge < -0.3 is 28.7 Å². The Kier molecular flexibility index (Phi) is 6.53. The normalized spacial score (nSPS) is 22.6. The van der Waals surface area contributed by atoms with Gasteiger partial charge in [-0.1, -0.05) is 17.3 Å². The number of aromatic nitrogens is 3. The molecule has 0 unspecified atom stereocenters. The molecule has 39 heavy (non-hydrogen) atoms. The number of benzene rings is 1. The number of anilines is 1. The number of nitrogens with zero attached hydrogens (tertiary/aromatic N) is 4. The van der Waals surface area contributed by atoms with Crippen LogP contribution in [0.2, 0.25) is 0 Å². The molecule has 10 nitrogen and oxygen atoms in total. The molecule has 13 heteroatoms. The van der Waals surface area contributed by atoms with Gasteiger partial charge in [-0.25, -0.2) is 14.8 Å². The molecule has 1 aliphatic carbocycles. The van der Waals surface area contributed by atoms with Gasteiger partial charge in [-0.3, -0.25) is 0 Å². The average molecular weight is 547 g/mol. The summed E-state index contributed by atoms with van der Waals surface area (Å²) in [6.45, 7) is 0.163. The maximum absolute atomic E-state index is 13.0. The molecule has 2 aliphatic heterocycles. The Labute approximate surface area is 220 Å². The highest BCUT2D eigenvalue weighted by molar-refractivity contribution is 5.70. The van der Waals surface area contributed by atoms with Crippen molar-refractivity contribution in [3.63, 3.8) is 0 Å². The second kappa shape index (κ2) is 10.0. The summed E-state index contributed by atoms with van der Waals surface area (Å²) in [6, 6.07) is 6.23. The SMILES string of the molecule is O=C(O)Oc1cnc(N2[C@@H]3CC[C@H]2C[C@@H](OCc2c(-c4ccccc4OC(F)(F)F)noc2C2CC2)C3)cn1. The third kappa shape index (κ3) is 5.49. The van der Waals surface area contributed by atoms with Gasteiger partial charge in [0.15, 0.2) is 0 Å². The van der Waals surface area contributed by atoms with Crippen LogP contribution in [0.4, 0.5) is 23.8 Å². The largest absolute Gasteiger partial charge is 0.573 e. The highest BCUT2D eigenvalue weighted by Crippen LogP contribution is 2.46. The summed E-state index contributed by atoms with van der Waals surface area (Å²) in [5, 5.41) is 12.9. The zero-order chi connectivity index (χ0) is 27.1. The smallest absolute Gasteiger partial charge is 0.449 e. The first-order valence-electron chi connectivity index (χ1n) is 12.7. The average Bonchev–Trinajstić information content (AvgIpc) is 3.59. The van der Waals surface area contributed by atoms with Crippen molar-refractivity contribution in [3.8, 4) is 22.9 Å². The molecule has 0 spiro atoms. The summed E-state index contributed by atoms with van der Waals surface area (Å²) in [4.78, 5) is 21.3. The summed E-state index contributed by atoms with van der Waals surface area (Å²) in [6.07, 6.45) is 1.68. The highest BCUT2D eigenvalue weighted by Gasteiger charge is 2.42. The quantitative estimate of drug-likeness (QED) is 0.353. The van der Waals surface area contributed by atoms with Crippen molar-refractivity contribution in [3.05, 3.63) is 48.0 Å². The second-order valence-corrected chi connectivity index (χ2v) is 9.97. The number of hydrogen-bond donors (Lipinski definition) is 1. The number of hydrogen-bond acceptors (Lipinski definition) is 9. The van der Waals surface area contributed by atoms with Crippen LogP contribution in [-0.4, -0.2) is 50.9 Å². The van der Waals surface area contributed by atoms with Crippen LogP contribution < -0.4 is 14.4 Å². The van der Waals surface area contributed by atoms with E-state index in [1.54, 1.807) is 6.07 Å². The van der Waals surface area contributed by atoms with Crippen molar-refractivity contribution in [2.24, 2.45) is 0 Å². The summed E-state index contributed by atoms with van der Waals surface area (Å²) in [5.74, 6) is 1.07. The number of rotatable bonds is 8. The summed E-state index contributed by atoms with van der Waals surface area (Å²) in [5.41, 5.74) is 1.16. The summed E-state index contributed by atoms with van der Waals surface area (Å²) >= 11 is 0. The Morgan fingerprint density at radius 3 is 2.46 bits per heavy atom. The molecule has 2 aromatic heterocycles. The van der Waals surface area contributed by atoms with E-state index in [1.807, 2.05) is 0 Å². The van der Waals surface area contributed by atoms with Gasteiger partial charge in [-0.05, 0) is 50.7 Å². The zero-order valence-corrected chi connectivity index (χ0v) is 20.6. The molecule has 3 atom stereocenters. The first-order valence-corrected chi connectivity index (χ1v) is 12.7. The molecule has 2 saturated heterocycles. The van der Waals surface area contributed by atoms with Crippen LogP contribution in [-0.2, 0) is 11.3 Å². The molecule has 1 aromatic carbocycles. The Morgan fingerprint density at radius 1 is 1.08 bits per heavy atom. The van der Waals surface area contributed by atoms with E-state index in [0.717, 1.165) is 38.5 Å². The van der Waals surface area contributed by atoms with Gasteiger partial charge >= 0.3 is 12.5 Å². The Morgan fingerprint density at radius 2 is 1.82 bits per heavy atom. The first-order chi connectivity index (χ1) is 18.7. The number of fused-ring (bicyclic) bond motifs is 2. The van der Waals surface area contributed by atoms with Crippen LogP contribution in [0.25, 0.3) is 11.3 Å².